The number of amides is 1. The highest BCUT2D eigenvalue weighted by atomic mass is 32.2. The van der Waals surface area contributed by atoms with Gasteiger partial charge in [-0.15, -0.1) is 5.10 Å². The van der Waals surface area contributed by atoms with Crippen molar-refractivity contribution in [1.82, 2.24) is 24.5 Å². The molecule has 1 aromatic carbocycles. The molecule has 0 radical (unpaired) electrons. The summed E-state index contributed by atoms with van der Waals surface area (Å²) in [5.74, 6) is 2.04. The Kier molecular flexibility index (Phi) is 10.7. The molecule has 7 rings (SSSR count). The fourth-order valence-corrected chi connectivity index (χ4v) is 7.60. The normalized spacial score (nSPS) is 20.5. The number of carbonyl (C=O) groups is 2. The van der Waals surface area contributed by atoms with Crippen LogP contribution in [-0.2, 0) is 4.79 Å². The number of carbonyl (C=O) groups excluding carboxylic acids is 1. The van der Waals surface area contributed by atoms with E-state index >= 15 is 0 Å². The van der Waals surface area contributed by atoms with Crippen molar-refractivity contribution in [2.75, 3.05) is 23.4 Å². The van der Waals surface area contributed by atoms with Gasteiger partial charge in [0, 0.05) is 36.3 Å². The molecule has 15 heteroatoms. The van der Waals surface area contributed by atoms with E-state index in [2.05, 4.69) is 65.1 Å². The monoisotopic (exact) mass is 737 g/mol. The van der Waals surface area contributed by atoms with Crippen LogP contribution in [0.1, 0.15) is 79.9 Å². The minimum Gasteiger partial charge on any atom is -0.483 e. The number of carboxylic acid groups (broad SMARTS) is 1. The molecule has 2 aliphatic heterocycles. The standard InChI is InChI=1S/C36H40F3N7O2S.CH2O2/c1-23-7-10-25(11-8-23)27-13-9-24-21-34(2,3)45(22-24)32-26(33(47)44-49-31-6-4-5-28(40-27)41-31)12-14-29(42-32)46-19-15-30(43-46)48-20-18-35(16-17-35)36(37,38)39;2-1-3/h4-8,10-12,14-15,19,24,27H,9,13,16-18,20-22H2,1-3H3,(H,40,41)(H,44,47);1H,(H,2,3). The largest absolute Gasteiger partial charge is 0.483 e. The summed E-state index contributed by atoms with van der Waals surface area (Å²) in [6.45, 7) is 6.84. The number of hydrogen-bond donors (Lipinski definition) is 3. The molecule has 2 atom stereocenters. The van der Waals surface area contributed by atoms with Gasteiger partial charge in [0.2, 0.25) is 5.88 Å². The number of halogens is 3. The van der Waals surface area contributed by atoms with Crippen molar-refractivity contribution in [2.24, 2.45) is 11.3 Å². The third-order valence-electron chi connectivity index (χ3n) is 10.0. The number of fused-ring (bicyclic) bond motifs is 6. The number of pyridine rings is 2. The molecule has 3 N–H and O–H groups in total. The second-order valence-electron chi connectivity index (χ2n) is 14.2. The maximum Gasteiger partial charge on any atom is 0.394 e. The summed E-state index contributed by atoms with van der Waals surface area (Å²) in [4.78, 5) is 34.1. The minimum atomic E-state index is -4.22. The van der Waals surface area contributed by atoms with E-state index in [4.69, 9.17) is 24.6 Å². The molecular formula is C37H42F3N7O4S. The van der Waals surface area contributed by atoms with Crippen molar-refractivity contribution < 1.29 is 32.6 Å². The third kappa shape index (κ3) is 8.30. The van der Waals surface area contributed by atoms with Crippen LogP contribution in [0.5, 0.6) is 5.88 Å². The molecule has 3 aliphatic rings. The van der Waals surface area contributed by atoms with Crippen LogP contribution >= 0.6 is 11.9 Å². The van der Waals surface area contributed by atoms with E-state index in [-0.39, 0.29) is 55.7 Å². The Hall–Kier alpha value is -4.79. The molecule has 5 heterocycles. The molecule has 2 fully saturated rings. The van der Waals surface area contributed by atoms with E-state index in [1.54, 1.807) is 24.4 Å². The van der Waals surface area contributed by atoms with Gasteiger partial charge in [0.25, 0.3) is 12.4 Å². The van der Waals surface area contributed by atoms with E-state index in [0.717, 1.165) is 43.6 Å². The molecule has 52 heavy (non-hydrogen) atoms. The Morgan fingerprint density at radius 2 is 1.81 bits per heavy atom. The number of alkyl halides is 3. The Labute approximate surface area is 304 Å². The Morgan fingerprint density at radius 1 is 1.06 bits per heavy atom. The Balaban J connectivity index is 0.00000150. The van der Waals surface area contributed by atoms with Crippen molar-refractivity contribution in [3.8, 4) is 11.7 Å². The maximum absolute atomic E-state index is 13.8. The van der Waals surface area contributed by atoms with Crippen molar-refractivity contribution >= 4 is 36.0 Å². The zero-order valence-corrected chi connectivity index (χ0v) is 30.0. The lowest BCUT2D eigenvalue weighted by Gasteiger charge is -2.34. The van der Waals surface area contributed by atoms with Gasteiger partial charge >= 0.3 is 6.18 Å². The third-order valence-corrected chi connectivity index (χ3v) is 10.8. The van der Waals surface area contributed by atoms with Crippen LogP contribution < -0.4 is 19.7 Å². The van der Waals surface area contributed by atoms with E-state index in [1.165, 1.54) is 15.8 Å². The maximum atomic E-state index is 13.8. The highest BCUT2D eigenvalue weighted by molar-refractivity contribution is 7.97. The number of benzene rings is 1. The van der Waals surface area contributed by atoms with Gasteiger partial charge in [-0.05, 0) is 95.0 Å². The van der Waals surface area contributed by atoms with Crippen LogP contribution in [-0.4, -0.2) is 62.1 Å². The van der Waals surface area contributed by atoms with Crippen molar-refractivity contribution in [2.45, 2.75) is 82.1 Å². The van der Waals surface area contributed by atoms with Crippen LogP contribution in [0.3, 0.4) is 0 Å². The molecule has 0 spiro atoms. The fraction of sp³-hybridized carbons (Fsp3) is 0.432. The number of nitrogens with zero attached hydrogens (tertiary/aromatic N) is 5. The molecule has 4 bridgehead atoms. The van der Waals surface area contributed by atoms with Gasteiger partial charge in [0.1, 0.15) is 16.7 Å². The predicted molar refractivity (Wildman–Crippen MR) is 192 cm³/mol. The van der Waals surface area contributed by atoms with Gasteiger partial charge in [-0.25, -0.2) is 14.6 Å². The first-order valence-corrected chi connectivity index (χ1v) is 18.0. The van der Waals surface area contributed by atoms with E-state index in [9.17, 15) is 18.0 Å². The van der Waals surface area contributed by atoms with E-state index < -0.39 is 11.6 Å². The quantitative estimate of drug-likeness (QED) is 0.133. The zero-order valence-electron chi connectivity index (χ0n) is 29.2. The number of aryl methyl sites for hydroxylation is 1. The average molecular weight is 738 g/mol. The van der Waals surface area contributed by atoms with E-state index in [1.807, 2.05) is 18.2 Å². The molecule has 1 saturated heterocycles. The topological polar surface area (TPSA) is 134 Å². The summed E-state index contributed by atoms with van der Waals surface area (Å²) in [5, 5.41) is 15.6. The number of hydrogen-bond acceptors (Lipinski definition) is 9. The molecule has 1 saturated carbocycles. The first-order chi connectivity index (χ1) is 24.8. The summed E-state index contributed by atoms with van der Waals surface area (Å²) in [6.07, 6.45) is 0.396. The summed E-state index contributed by atoms with van der Waals surface area (Å²) >= 11 is 1.15. The first kappa shape index (κ1) is 37.0. The van der Waals surface area contributed by atoms with Crippen LogP contribution in [0.25, 0.3) is 5.82 Å². The summed E-state index contributed by atoms with van der Waals surface area (Å²) in [5.41, 5.74) is 0.915. The summed E-state index contributed by atoms with van der Waals surface area (Å²) in [7, 11) is 0. The van der Waals surface area contributed by atoms with Gasteiger partial charge in [0.05, 0.1) is 23.6 Å². The number of ether oxygens (including phenoxy) is 1. The molecular weight excluding hydrogens is 696 g/mol. The first-order valence-electron chi connectivity index (χ1n) is 17.2. The molecule has 1 amide bonds. The minimum absolute atomic E-state index is 0.0572. The fourth-order valence-electron chi connectivity index (χ4n) is 7.00. The number of anilines is 2. The molecule has 276 valence electrons. The second kappa shape index (κ2) is 15.1. The second-order valence-corrected chi connectivity index (χ2v) is 15.0. The lowest BCUT2D eigenvalue weighted by Crippen LogP contribution is -2.40. The predicted octanol–water partition coefficient (Wildman–Crippen LogP) is 7.77. The highest BCUT2D eigenvalue weighted by Gasteiger charge is 2.62. The van der Waals surface area contributed by atoms with Crippen LogP contribution in [0.2, 0.25) is 0 Å². The lowest BCUT2D eigenvalue weighted by atomic mass is 9.90. The van der Waals surface area contributed by atoms with Gasteiger partial charge in [-0.1, -0.05) is 35.9 Å². The Bertz CT molecular complexity index is 1880. The number of aromatic nitrogens is 4. The average Bonchev–Trinajstić information content (AvgIpc) is 3.66. The molecule has 11 nitrogen and oxygen atoms in total. The lowest BCUT2D eigenvalue weighted by molar-refractivity contribution is -0.190. The SMILES string of the molecule is Cc1ccc(C2CCC3CN(c4nc(-n5ccc(OCCC6(C(F)(F)F)CC6)n5)ccc4C(=O)NSc4cccc(n4)N2)C(C)(C)C3)cc1.O=CO. The molecule has 2 unspecified atom stereocenters. The highest BCUT2D eigenvalue weighted by Crippen LogP contribution is 2.59. The summed E-state index contributed by atoms with van der Waals surface area (Å²) < 4.78 is 50.2. The van der Waals surface area contributed by atoms with Crippen LogP contribution in [0, 0.1) is 18.3 Å². The van der Waals surface area contributed by atoms with Gasteiger partial charge in [0.15, 0.2) is 5.82 Å². The zero-order chi connectivity index (χ0) is 37.1. The van der Waals surface area contributed by atoms with Crippen LogP contribution in [0.15, 0.2) is 71.9 Å². The van der Waals surface area contributed by atoms with Crippen molar-refractivity contribution in [3.63, 3.8) is 0 Å². The van der Waals surface area contributed by atoms with Gasteiger partial charge < -0.3 is 20.1 Å². The molecule has 4 aromatic rings. The van der Waals surface area contributed by atoms with Crippen molar-refractivity contribution in [1.29, 1.82) is 0 Å². The number of rotatable bonds is 6. The Morgan fingerprint density at radius 3 is 2.52 bits per heavy atom. The van der Waals surface area contributed by atoms with Crippen LogP contribution in [0.4, 0.5) is 24.8 Å². The van der Waals surface area contributed by atoms with Crippen molar-refractivity contribution in [3.05, 3.63) is 83.6 Å². The summed E-state index contributed by atoms with van der Waals surface area (Å²) in [6, 6.07) is 19.5. The van der Waals surface area contributed by atoms with E-state index in [0.29, 0.717) is 28.1 Å². The van der Waals surface area contributed by atoms with Gasteiger partial charge in [-0.2, -0.15) is 13.2 Å². The molecule has 3 aromatic heterocycles. The number of nitrogens with one attached hydrogen (secondary N) is 2. The van der Waals surface area contributed by atoms with Gasteiger partial charge in [-0.3, -0.25) is 14.3 Å². The molecule has 1 aliphatic carbocycles. The smallest absolute Gasteiger partial charge is 0.394 e.